The first-order chi connectivity index (χ1) is 21.2. The summed E-state index contributed by atoms with van der Waals surface area (Å²) in [4.78, 5) is 54.4. The molecule has 3 N–H and O–H groups in total. The molecule has 0 aromatic heterocycles. The van der Waals surface area contributed by atoms with Crippen molar-refractivity contribution >= 4 is 43.2 Å². The highest BCUT2D eigenvalue weighted by atomic mass is 28.4. The van der Waals surface area contributed by atoms with Gasteiger partial charge < -0.3 is 34.2 Å². The fourth-order valence-corrected chi connectivity index (χ4v) is 9.82. The van der Waals surface area contributed by atoms with Gasteiger partial charge in [0, 0.05) is 41.4 Å². The molecule has 242 valence electrons. The predicted octanol–water partition coefficient (Wildman–Crippen LogP) is 3.61. The average molecular weight is 643 g/mol. The Hall–Kier alpha value is -3.72. The Morgan fingerprint density at radius 2 is 2.00 bits per heavy atom. The van der Waals surface area contributed by atoms with Gasteiger partial charge in [0.2, 0.25) is 14.3 Å². The van der Waals surface area contributed by atoms with Gasteiger partial charge in [-0.25, -0.2) is 0 Å². The van der Waals surface area contributed by atoms with E-state index in [4.69, 9.17) is 4.74 Å². The number of nitro groups is 1. The topological polar surface area (TPSA) is 163 Å². The van der Waals surface area contributed by atoms with E-state index < -0.39 is 54.4 Å². The fourth-order valence-electron chi connectivity index (χ4n) is 7.33. The molecular weight excluding hydrogens is 603 g/mol. The number of ether oxygens (including phenoxy) is 1. The lowest BCUT2D eigenvalue weighted by molar-refractivity contribution is -0.385. The summed E-state index contributed by atoms with van der Waals surface area (Å²) < 4.78 is 22.8. The largest absolute Gasteiger partial charge is 0.394 e. The third-order valence-corrected chi connectivity index (χ3v) is 11.8. The molecule has 6 atom stereocenters. The van der Waals surface area contributed by atoms with E-state index in [1.54, 1.807) is 36.1 Å². The number of rotatable bonds is 9. The molecule has 1 spiro atoms. The number of benzene rings is 2. The van der Waals surface area contributed by atoms with Crippen LogP contribution in [-0.4, -0.2) is 77.6 Å². The summed E-state index contributed by atoms with van der Waals surface area (Å²) in [6.07, 6.45) is -0.974. The summed E-state index contributed by atoms with van der Waals surface area (Å²) in [7, 11) is -3.60. The van der Waals surface area contributed by atoms with Gasteiger partial charge >= 0.3 is 0 Å². The molecule has 3 heterocycles. The van der Waals surface area contributed by atoms with Crippen molar-refractivity contribution in [2.24, 2.45) is 5.92 Å². The maximum absolute atomic E-state index is 16.2. The van der Waals surface area contributed by atoms with Crippen LogP contribution in [0.25, 0.3) is 0 Å². The van der Waals surface area contributed by atoms with Crippen LogP contribution in [0.15, 0.2) is 42.5 Å². The van der Waals surface area contributed by atoms with Crippen LogP contribution in [0.5, 0.6) is 0 Å². The highest BCUT2D eigenvalue weighted by Gasteiger charge is 2.67. The number of aliphatic hydroxyl groups excluding tert-OH is 2. The molecule has 0 aliphatic carbocycles. The summed E-state index contributed by atoms with van der Waals surface area (Å²) in [5, 5.41) is 33.8. The SMILES string of the molecule is C[C@H](O)C(=O)Nc1cccc(CN2C(=O)[C@@]3(O[C@@H](CC(=O)N4CCC[C@H]4CO)[C@H]([Si](C)(C)F)[C@H]3C)c3cc([N+](=O)[O-])ccc32)c1. The number of anilines is 2. The average Bonchev–Trinajstić information content (AvgIpc) is 3.63. The number of nitrogens with one attached hydrogen (secondary N) is 1. The van der Waals surface area contributed by atoms with Crippen LogP contribution in [0.1, 0.15) is 44.2 Å². The summed E-state index contributed by atoms with van der Waals surface area (Å²) in [5.74, 6) is -2.17. The lowest BCUT2D eigenvalue weighted by Crippen LogP contribution is -2.45. The molecule has 0 unspecified atom stereocenters. The lowest BCUT2D eigenvalue weighted by Gasteiger charge is -2.31. The van der Waals surface area contributed by atoms with E-state index >= 15 is 4.11 Å². The van der Waals surface area contributed by atoms with E-state index in [-0.39, 0.29) is 42.8 Å². The van der Waals surface area contributed by atoms with E-state index in [1.165, 1.54) is 43.1 Å². The van der Waals surface area contributed by atoms with Crippen LogP contribution in [0.4, 0.5) is 21.2 Å². The number of nitro benzene ring substituents is 1. The van der Waals surface area contributed by atoms with Crippen molar-refractivity contribution in [2.45, 2.75) is 82.1 Å². The van der Waals surface area contributed by atoms with Gasteiger partial charge in [-0.1, -0.05) is 19.1 Å². The minimum atomic E-state index is -3.60. The van der Waals surface area contributed by atoms with Crippen LogP contribution in [0, 0.1) is 16.0 Å². The third-order valence-electron chi connectivity index (χ3n) is 9.35. The number of nitrogens with zero attached hydrogens (tertiary/aromatic N) is 3. The number of non-ortho nitro benzene ring substituents is 1. The maximum atomic E-state index is 16.2. The second kappa shape index (κ2) is 12.2. The van der Waals surface area contributed by atoms with Gasteiger partial charge in [0.15, 0.2) is 5.60 Å². The quantitative estimate of drug-likeness (QED) is 0.162. The Labute approximate surface area is 261 Å². The van der Waals surface area contributed by atoms with Crippen molar-refractivity contribution in [3.63, 3.8) is 0 Å². The second-order valence-electron chi connectivity index (χ2n) is 12.8. The van der Waals surface area contributed by atoms with Gasteiger partial charge in [-0.15, -0.1) is 0 Å². The van der Waals surface area contributed by atoms with E-state index in [0.717, 1.165) is 6.42 Å². The monoisotopic (exact) mass is 642 g/mol. The van der Waals surface area contributed by atoms with Crippen molar-refractivity contribution in [3.05, 3.63) is 63.7 Å². The molecule has 2 saturated heterocycles. The van der Waals surface area contributed by atoms with Crippen LogP contribution in [0.3, 0.4) is 0 Å². The van der Waals surface area contributed by atoms with Crippen molar-refractivity contribution in [3.8, 4) is 0 Å². The Balaban J connectivity index is 1.54. The van der Waals surface area contributed by atoms with Gasteiger partial charge in [0.25, 0.3) is 17.5 Å². The predicted molar refractivity (Wildman–Crippen MR) is 166 cm³/mol. The van der Waals surface area contributed by atoms with Gasteiger partial charge in [-0.05, 0) is 56.6 Å². The minimum absolute atomic E-state index is 0.0104. The molecule has 45 heavy (non-hydrogen) atoms. The van der Waals surface area contributed by atoms with Gasteiger partial charge in [-0.3, -0.25) is 24.5 Å². The number of hydrogen-bond acceptors (Lipinski definition) is 8. The van der Waals surface area contributed by atoms with E-state index in [2.05, 4.69) is 5.32 Å². The number of fused-ring (bicyclic) bond motifs is 2. The summed E-state index contributed by atoms with van der Waals surface area (Å²) >= 11 is 0. The maximum Gasteiger partial charge on any atom is 0.269 e. The number of aliphatic hydroxyl groups is 2. The van der Waals surface area contributed by atoms with E-state index in [9.17, 15) is 34.7 Å². The van der Waals surface area contributed by atoms with Gasteiger partial charge in [-0.2, -0.15) is 0 Å². The number of halogens is 1. The number of carbonyl (C=O) groups excluding carboxylic acids is 3. The molecule has 0 saturated carbocycles. The van der Waals surface area contributed by atoms with Crippen molar-refractivity contribution in [1.82, 2.24) is 4.90 Å². The highest BCUT2D eigenvalue weighted by molar-refractivity contribution is 6.72. The van der Waals surface area contributed by atoms with Crippen molar-refractivity contribution < 1.29 is 38.4 Å². The first kappa shape index (κ1) is 32.7. The standard InChI is InChI=1S/C31H39FN4O8Si/c1-18-28(45(3,4)32)26(15-27(39)34-12-6-9-23(34)17-37)44-31(18)24-14-22(36(42)43)10-11-25(24)35(30(31)41)16-20-7-5-8-21(13-20)33-29(40)19(2)38/h5,7-8,10-11,13-14,18-19,23,26,28,37-38H,6,9,12,15-17H2,1-4H3,(H,33,40)/t18-,19+,23+,26+,28-,31+/m1/s1. The molecule has 0 radical (unpaired) electrons. The van der Waals surface area contributed by atoms with Crippen LogP contribution < -0.4 is 10.2 Å². The van der Waals surface area contributed by atoms with Crippen LogP contribution in [-0.2, 0) is 31.3 Å². The molecule has 2 aromatic carbocycles. The molecule has 3 aliphatic rings. The number of likely N-dealkylation sites (tertiary alicyclic amines) is 1. The fraction of sp³-hybridized carbons (Fsp3) is 0.516. The van der Waals surface area contributed by atoms with Crippen molar-refractivity contribution in [2.75, 3.05) is 23.4 Å². The second-order valence-corrected chi connectivity index (χ2v) is 16.6. The molecular formula is C31H39FN4O8Si. The molecule has 2 fully saturated rings. The Morgan fingerprint density at radius 1 is 1.27 bits per heavy atom. The van der Waals surface area contributed by atoms with Crippen LogP contribution >= 0.6 is 0 Å². The zero-order chi connectivity index (χ0) is 32.8. The zero-order valence-electron chi connectivity index (χ0n) is 25.7. The van der Waals surface area contributed by atoms with Gasteiger partial charge in [0.1, 0.15) is 6.10 Å². The van der Waals surface area contributed by atoms with E-state index in [0.29, 0.717) is 29.9 Å². The smallest absolute Gasteiger partial charge is 0.269 e. The third kappa shape index (κ3) is 5.87. The zero-order valence-corrected chi connectivity index (χ0v) is 26.7. The first-order valence-electron chi connectivity index (χ1n) is 15.1. The first-order valence-corrected chi connectivity index (χ1v) is 18.1. The molecule has 0 bridgehead atoms. The molecule has 12 nitrogen and oxygen atoms in total. The molecule has 2 aromatic rings. The summed E-state index contributed by atoms with van der Waals surface area (Å²) in [6, 6.07) is 10.5. The molecule has 14 heteroatoms. The molecule has 3 amide bonds. The Bertz CT molecular complexity index is 1520. The Kier molecular flexibility index (Phi) is 8.88. The van der Waals surface area contributed by atoms with Gasteiger partial charge in [0.05, 0.1) is 42.3 Å². The Morgan fingerprint density at radius 3 is 2.64 bits per heavy atom. The van der Waals surface area contributed by atoms with Crippen molar-refractivity contribution in [1.29, 1.82) is 0 Å². The molecule has 5 rings (SSSR count). The number of amides is 3. The lowest BCUT2D eigenvalue weighted by atomic mass is 9.82. The summed E-state index contributed by atoms with van der Waals surface area (Å²) in [6.45, 7) is 6.38. The number of carbonyl (C=O) groups is 3. The van der Waals surface area contributed by atoms with E-state index in [1.807, 2.05) is 0 Å². The summed E-state index contributed by atoms with van der Waals surface area (Å²) in [5.41, 5.74) is -1.16. The minimum Gasteiger partial charge on any atom is -0.394 e. The molecule has 3 aliphatic heterocycles. The normalized spacial score (nSPS) is 26.8. The highest BCUT2D eigenvalue weighted by Crippen LogP contribution is 2.60. The van der Waals surface area contributed by atoms with Crippen LogP contribution in [0.2, 0.25) is 18.6 Å². The number of hydrogen-bond donors (Lipinski definition) is 3.